The zero-order valence-electron chi connectivity index (χ0n) is 20.7. The Labute approximate surface area is 216 Å². The Balaban J connectivity index is 1.88. The van der Waals surface area contributed by atoms with Gasteiger partial charge in [0.05, 0.1) is 20.4 Å². The van der Waals surface area contributed by atoms with E-state index in [1.54, 1.807) is 54.2 Å². The summed E-state index contributed by atoms with van der Waals surface area (Å²) < 4.78 is 41.8. The van der Waals surface area contributed by atoms with E-state index in [4.69, 9.17) is 26.4 Å². The summed E-state index contributed by atoms with van der Waals surface area (Å²) in [6.45, 7) is -1.17. The van der Waals surface area contributed by atoms with E-state index in [9.17, 15) is 9.18 Å². The number of H-pyrrole nitrogens is 1. The molecule has 0 bridgehead atoms. The van der Waals surface area contributed by atoms with Crippen LogP contribution >= 0.6 is 0 Å². The van der Waals surface area contributed by atoms with Crippen LogP contribution in [0.2, 0.25) is 0 Å². The number of amidine groups is 1. The van der Waals surface area contributed by atoms with E-state index in [2.05, 4.69) is 15.4 Å². The SMILES string of the molecule is COc1cc(OCCF)c(F)c(C(Nc2ccc(C(=N)N)cc2)c2nn(-c3c(N)ccc[n+]3C)c(=O)[nH]2)c1. The number of nitrogens with zero attached hydrogens (tertiary/aromatic N) is 3. The number of alkyl halides is 1. The highest BCUT2D eigenvalue weighted by molar-refractivity contribution is 5.95. The van der Waals surface area contributed by atoms with Gasteiger partial charge in [0.15, 0.2) is 17.4 Å². The van der Waals surface area contributed by atoms with Crippen LogP contribution in [-0.2, 0) is 7.05 Å². The number of methoxy groups -OCH3 is 1. The van der Waals surface area contributed by atoms with Crippen molar-refractivity contribution in [3.63, 3.8) is 0 Å². The van der Waals surface area contributed by atoms with E-state index < -0.39 is 24.2 Å². The van der Waals surface area contributed by atoms with Gasteiger partial charge in [0.1, 0.15) is 36.6 Å². The highest BCUT2D eigenvalue weighted by Gasteiger charge is 2.30. The lowest BCUT2D eigenvalue weighted by Crippen LogP contribution is -2.38. The van der Waals surface area contributed by atoms with Gasteiger partial charge in [0, 0.05) is 22.9 Å². The van der Waals surface area contributed by atoms with Crippen molar-refractivity contribution < 1.29 is 22.8 Å². The number of nitrogens with one attached hydrogen (secondary N) is 3. The highest BCUT2D eigenvalue weighted by atomic mass is 19.1. The maximum absolute atomic E-state index is 15.7. The molecule has 0 aliphatic rings. The summed E-state index contributed by atoms with van der Waals surface area (Å²) in [7, 11) is 3.10. The van der Waals surface area contributed by atoms with Gasteiger partial charge in [-0.3, -0.25) is 10.4 Å². The molecule has 1 unspecified atom stereocenters. The van der Waals surface area contributed by atoms with E-state index in [-0.39, 0.29) is 35.3 Å². The average molecular weight is 526 g/mol. The number of ether oxygens (including phenoxy) is 2. The van der Waals surface area contributed by atoms with Crippen LogP contribution in [0, 0.1) is 11.2 Å². The average Bonchev–Trinajstić information content (AvgIpc) is 3.27. The number of aromatic nitrogens is 4. The fraction of sp³-hybridized carbons (Fsp3) is 0.200. The molecule has 0 saturated carbocycles. The first-order valence-electron chi connectivity index (χ1n) is 11.4. The number of rotatable bonds is 10. The number of hydrogen-bond donors (Lipinski definition) is 5. The van der Waals surface area contributed by atoms with Crippen LogP contribution in [0.1, 0.15) is 23.0 Å². The number of benzene rings is 2. The van der Waals surface area contributed by atoms with Gasteiger partial charge in [-0.15, -0.1) is 0 Å². The third-order valence-corrected chi connectivity index (χ3v) is 5.72. The third kappa shape index (κ3) is 5.26. The second-order valence-corrected chi connectivity index (χ2v) is 8.26. The molecule has 4 aromatic rings. The molecular weight excluding hydrogens is 498 g/mol. The summed E-state index contributed by atoms with van der Waals surface area (Å²) in [6.07, 6.45) is 1.70. The summed E-state index contributed by atoms with van der Waals surface area (Å²) in [5.74, 6) is -0.527. The van der Waals surface area contributed by atoms with Crippen molar-refractivity contribution in [3.8, 4) is 17.3 Å². The van der Waals surface area contributed by atoms with Crippen LogP contribution in [-0.4, -0.2) is 41.0 Å². The van der Waals surface area contributed by atoms with Gasteiger partial charge >= 0.3 is 11.5 Å². The zero-order chi connectivity index (χ0) is 27.4. The van der Waals surface area contributed by atoms with Crippen LogP contribution in [0.3, 0.4) is 0 Å². The molecule has 198 valence electrons. The number of pyridine rings is 1. The number of halogens is 2. The molecule has 0 spiro atoms. The van der Waals surface area contributed by atoms with Crippen LogP contribution < -0.4 is 36.5 Å². The number of nitrogen functional groups attached to an aromatic ring is 2. The normalized spacial score (nSPS) is 11.7. The predicted molar refractivity (Wildman–Crippen MR) is 137 cm³/mol. The van der Waals surface area contributed by atoms with Crippen molar-refractivity contribution >= 4 is 17.2 Å². The monoisotopic (exact) mass is 525 g/mol. The Morgan fingerprint density at radius 1 is 1.29 bits per heavy atom. The first-order valence-corrected chi connectivity index (χ1v) is 11.4. The Kier molecular flexibility index (Phi) is 7.55. The Hall–Kier alpha value is -4.94. The van der Waals surface area contributed by atoms with Crippen molar-refractivity contribution in [2.45, 2.75) is 6.04 Å². The van der Waals surface area contributed by atoms with Gasteiger partial charge in [0.25, 0.3) is 0 Å². The topological polar surface area (TPSA) is 161 Å². The Bertz CT molecular complexity index is 1500. The van der Waals surface area contributed by atoms with Crippen molar-refractivity contribution in [3.05, 3.63) is 88.0 Å². The zero-order valence-corrected chi connectivity index (χ0v) is 20.7. The molecule has 0 aliphatic heterocycles. The third-order valence-electron chi connectivity index (χ3n) is 5.72. The molecule has 0 aliphatic carbocycles. The molecule has 2 heterocycles. The molecule has 7 N–H and O–H groups in total. The minimum Gasteiger partial charge on any atom is -0.497 e. The van der Waals surface area contributed by atoms with E-state index >= 15 is 4.39 Å². The number of aromatic amines is 1. The highest BCUT2D eigenvalue weighted by Crippen LogP contribution is 2.35. The summed E-state index contributed by atoms with van der Waals surface area (Å²) in [5, 5.41) is 15.2. The standard InChI is InChI=1S/C25H26F2N8O3/c1-34-10-3-4-18(28)24(34)35-25(36)32-23(33-35)21(31-15-7-5-14(6-8-15)22(29)30)17-12-16(37-2)13-19(20(17)27)38-11-9-26/h3-8,10,12-13,21H,9,11,28H2,1-2H3,(H4-,29,30,31,32,33,36)/p+1. The Morgan fingerprint density at radius 3 is 2.66 bits per heavy atom. The molecule has 0 saturated heterocycles. The number of anilines is 2. The molecule has 0 radical (unpaired) electrons. The predicted octanol–water partition coefficient (Wildman–Crippen LogP) is 1.95. The smallest absolute Gasteiger partial charge is 0.440 e. The van der Waals surface area contributed by atoms with E-state index in [1.165, 1.54) is 19.2 Å². The number of hydrogen-bond acceptors (Lipinski definition) is 7. The summed E-state index contributed by atoms with van der Waals surface area (Å²) in [4.78, 5) is 15.7. The van der Waals surface area contributed by atoms with Crippen LogP contribution in [0.5, 0.6) is 11.5 Å². The van der Waals surface area contributed by atoms with E-state index in [0.29, 0.717) is 22.8 Å². The lowest BCUT2D eigenvalue weighted by molar-refractivity contribution is -0.665. The van der Waals surface area contributed by atoms with E-state index in [1.807, 2.05) is 0 Å². The van der Waals surface area contributed by atoms with Gasteiger partial charge < -0.3 is 26.3 Å². The maximum atomic E-state index is 15.7. The lowest BCUT2D eigenvalue weighted by atomic mass is 10.0. The quantitative estimate of drug-likeness (QED) is 0.120. The van der Waals surface area contributed by atoms with Gasteiger partial charge in [-0.05, 0) is 47.1 Å². The van der Waals surface area contributed by atoms with Crippen LogP contribution in [0.4, 0.5) is 20.2 Å². The number of nitrogens with two attached hydrogens (primary N) is 2. The molecule has 1 atom stereocenters. The fourth-order valence-electron chi connectivity index (χ4n) is 3.89. The van der Waals surface area contributed by atoms with Gasteiger partial charge in [-0.2, -0.15) is 0 Å². The molecule has 0 fully saturated rings. The van der Waals surface area contributed by atoms with Gasteiger partial charge in [-0.25, -0.2) is 18.1 Å². The second-order valence-electron chi connectivity index (χ2n) is 8.26. The van der Waals surface area contributed by atoms with Crippen molar-refractivity contribution in [1.29, 1.82) is 5.41 Å². The minimum absolute atomic E-state index is 0.0140. The molecule has 2 aromatic carbocycles. The Morgan fingerprint density at radius 2 is 2.03 bits per heavy atom. The minimum atomic E-state index is -1.06. The molecule has 13 heteroatoms. The van der Waals surface area contributed by atoms with Crippen LogP contribution in [0.15, 0.2) is 59.5 Å². The molecule has 2 aromatic heterocycles. The fourth-order valence-corrected chi connectivity index (χ4v) is 3.89. The first kappa shape index (κ1) is 26.1. The number of aryl methyl sites for hydroxylation is 1. The van der Waals surface area contributed by atoms with Crippen molar-refractivity contribution in [2.24, 2.45) is 12.8 Å². The van der Waals surface area contributed by atoms with Gasteiger partial charge in [0.2, 0.25) is 0 Å². The van der Waals surface area contributed by atoms with E-state index in [0.717, 1.165) is 4.68 Å². The lowest BCUT2D eigenvalue weighted by Gasteiger charge is -2.20. The second kappa shape index (κ2) is 11.0. The molecule has 38 heavy (non-hydrogen) atoms. The molecule has 11 nitrogen and oxygen atoms in total. The van der Waals surface area contributed by atoms with Crippen molar-refractivity contribution in [2.75, 3.05) is 31.4 Å². The van der Waals surface area contributed by atoms with Crippen LogP contribution in [0.25, 0.3) is 5.82 Å². The molecule has 4 rings (SSSR count). The molecule has 0 amide bonds. The van der Waals surface area contributed by atoms with Crippen molar-refractivity contribution in [1.82, 2.24) is 14.8 Å². The summed E-state index contributed by atoms with van der Waals surface area (Å²) >= 11 is 0. The maximum Gasteiger partial charge on any atom is 0.440 e. The summed E-state index contributed by atoms with van der Waals surface area (Å²) in [5.41, 5.74) is 12.4. The first-order chi connectivity index (χ1) is 18.2. The van der Waals surface area contributed by atoms with Gasteiger partial charge in [-0.1, -0.05) is 5.10 Å². The largest absolute Gasteiger partial charge is 0.497 e. The molecular formula is C25H27F2N8O3+. The summed E-state index contributed by atoms with van der Waals surface area (Å²) in [6, 6.07) is 11.5.